The first-order chi connectivity index (χ1) is 10.2. The van der Waals surface area contributed by atoms with Crippen LogP contribution in [-0.4, -0.2) is 20.8 Å². The molecule has 21 heavy (non-hydrogen) atoms. The van der Waals surface area contributed by atoms with E-state index in [0.29, 0.717) is 0 Å². The minimum Gasteiger partial charge on any atom is -0.328 e. The smallest absolute Gasteiger partial charge is 0.153 e. The zero-order chi connectivity index (χ0) is 14.7. The molecule has 2 aromatic heterocycles. The molecular formula is C17H18N4. The van der Waals surface area contributed by atoms with Crippen molar-refractivity contribution in [3.05, 3.63) is 66.6 Å². The first-order valence-electron chi connectivity index (χ1n) is 7.03. The maximum absolute atomic E-state index is 5.80. The topological polar surface area (TPSA) is 56.7 Å². The molecule has 0 bridgehead atoms. The fourth-order valence-electron chi connectivity index (χ4n) is 2.27. The molecule has 1 unspecified atom stereocenters. The van der Waals surface area contributed by atoms with Crippen LogP contribution in [0.3, 0.4) is 0 Å². The summed E-state index contributed by atoms with van der Waals surface area (Å²) in [5.41, 5.74) is 9.17. The van der Waals surface area contributed by atoms with Gasteiger partial charge in [-0.15, -0.1) is 0 Å². The van der Waals surface area contributed by atoms with Crippen molar-refractivity contribution in [2.24, 2.45) is 5.73 Å². The van der Waals surface area contributed by atoms with Crippen LogP contribution in [0.15, 0.2) is 61.1 Å². The molecule has 3 aromatic rings. The number of hydrogen-bond donors (Lipinski definition) is 1. The molecule has 0 amide bonds. The molecule has 1 aromatic carbocycles. The lowest BCUT2D eigenvalue weighted by Gasteiger charge is -2.05. The summed E-state index contributed by atoms with van der Waals surface area (Å²) < 4.78 is 1.79. The Morgan fingerprint density at radius 1 is 1.05 bits per heavy atom. The third-order valence-electron chi connectivity index (χ3n) is 3.29. The van der Waals surface area contributed by atoms with Gasteiger partial charge in [-0.2, -0.15) is 5.10 Å². The van der Waals surface area contributed by atoms with Crippen LogP contribution in [0.25, 0.3) is 16.9 Å². The Balaban J connectivity index is 1.83. The second kappa shape index (κ2) is 5.89. The molecule has 106 valence electrons. The van der Waals surface area contributed by atoms with E-state index in [4.69, 9.17) is 5.73 Å². The summed E-state index contributed by atoms with van der Waals surface area (Å²) in [6.45, 7) is 1.99. The summed E-state index contributed by atoms with van der Waals surface area (Å²) in [5, 5.41) is 4.38. The van der Waals surface area contributed by atoms with Crippen LogP contribution in [0, 0.1) is 0 Å². The van der Waals surface area contributed by atoms with Gasteiger partial charge in [-0.1, -0.05) is 36.4 Å². The van der Waals surface area contributed by atoms with E-state index in [0.717, 1.165) is 28.9 Å². The average molecular weight is 278 g/mol. The molecular weight excluding hydrogens is 260 g/mol. The van der Waals surface area contributed by atoms with Crippen molar-refractivity contribution >= 4 is 0 Å². The molecule has 3 rings (SSSR count). The standard InChI is InChI=1S/C17H18N4/c1-13(18)9-14-7-8-17(19-10-14)21-12-16(11-20-21)15-5-3-2-4-6-15/h2-8,10-13H,9,18H2,1H3. The van der Waals surface area contributed by atoms with Crippen molar-refractivity contribution in [1.29, 1.82) is 0 Å². The summed E-state index contributed by atoms with van der Waals surface area (Å²) in [7, 11) is 0. The highest BCUT2D eigenvalue weighted by atomic mass is 15.3. The maximum Gasteiger partial charge on any atom is 0.153 e. The monoisotopic (exact) mass is 278 g/mol. The number of nitrogens with zero attached hydrogens (tertiary/aromatic N) is 3. The predicted octanol–water partition coefficient (Wildman–Crippen LogP) is 2.82. The lowest BCUT2D eigenvalue weighted by atomic mass is 10.1. The van der Waals surface area contributed by atoms with E-state index in [-0.39, 0.29) is 6.04 Å². The van der Waals surface area contributed by atoms with Gasteiger partial charge in [0.25, 0.3) is 0 Å². The summed E-state index contributed by atoms with van der Waals surface area (Å²) in [6.07, 6.45) is 6.54. The lowest BCUT2D eigenvalue weighted by Crippen LogP contribution is -2.17. The molecule has 0 aliphatic carbocycles. The second-order valence-corrected chi connectivity index (χ2v) is 5.25. The van der Waals surface area contributed by atoms with Crippen LogP contribution < -0.4 is 5.73 Å². The quantitative estimate of drug-likeness (QED) is 0.798. The molecule has 2 heterocycles. The highest BCUT2D eigenvalue weighted by Gasteiger charge is 2.05. The summed E-state index contributed by atoms with van der Waals surface area (Å²) in [5.74, 6) is 0.811. The van der Waals surface area contributed by atoms with Crippen LogP contribution in [-0.2, 0) is 6.42 Å². The number of benzene rings is 1. The van der Waals surface area contributed by atoms with Gasteiger partial charge in [0, 0.05) is 24.0 Å². The normalized spacial score (nSPS) is 12.3. The molecule has 0 radical (unpaired) electrons. The van der Waals surface area contributed by atoms with Gasteiger partial charge >= 0.3 is 0 Å². The van der Waals surface area contributed by atoms with E-state index in [2.05, 4.69) is 28.3 Å². The van der Waals surface area contributed by atoms with Crippen molar-refractivity contribution in [2.75, 3.05) is 0 Å². The highest BCUT2D eigenvalue weighted by Crippen LogP contribution is 2.19. The Bertz CT molecular complexity index is 699. The number of aromatic nitrogens is 3. The van der Waals surface area contributed by atoms with Crippen LogP contribution in [0.2, 0.25) is 0 Å². The van der Waals surface area contributed by atoms with Gasteiger partial charge in [0.2, 0.25) is 0 Å². The van der Waals surface area contributed by atoms with Crippen molar-refractivity contribution in [1.82, 2.24) is 14.8 Å². The number of rotatable bonds is 4. The average Bonchev–Trinajstić information content (AvgIpc) is 2.98. The van der Waals surface area contributed by atoms with Crippen LogP contribution in [0.4, 0.5) is 0 Å². The first kappa shape index (κ1) is 13.5. The van der Waals surface area contributed by atoms with E-state index in [9.17, 15) is 0 Å². The molecule has 0 aliphatic rings. The summed E-state index contributed by atoms with van der Waals surface area (Å²) in [6, 6.07) is 14.4. The molecule has 1 atom stereocenters. The number of hydrogen-bond acceptors (Lipinski definition) is 3. The Morgan fingerprint density at radius 3 is 2.52 bits per heavy atom. The molecule has 0 fully saturated rings. The van der Waals surface area contributed by atoms with Gasteiger partial charge in [0.15, 0.2) is 5.82 Å². The molecule has 0 saturated carbocycles. The third kappa shape index (κ3) is 3.17. The van der Waals surface area contributed by atoms with Gasteiger partial charge in [0.05, 0.1) is 6.20 Å². The van der Waals surface area contributed by atoms with E-state index in [1.807, 2.05) is 49.8 Å². The molecule has 4 nitrogen and oxygen atoms in total. The van der Waals surface area contributed by atoms with E-state index in [1.165, 1.54) is 0 Å². The second-order valence-electron chi connectivity index (χ2n) is 5.25. The third-order valence-corrected chi connectivity index (χ3v) is 3.29. The Labute approximate surface area is 124 Å². The van der Waals surface area contributed by atoms with Gasteiger partial charge in [0.1, 0.15) is 0 Å². The molecule has 0 saturated heterocycles. The number of pyridine rings is 1. The molecule has 0 spiro atoms. The van der Waals surface area contributed by atoms with Gasteiger partial charge < -0.3 is 5.73 Å². The van der Waals surface area contributed by atoms with E-state index >= 15 is 0 Å². The Hall–Kier alpha value is -2.46. The van der Waals surface area contributed by atoms with Gasteiger partial charge in [-0.3, -0.25) is 0 Å². The predicted molar refractivity (Wildman–Crippen MR) is 84.1 cm³/mol. The van der Waals surface area contributed by atoms with Gasteiger partial charge in [-0.05, 0) is 30.5 Å². The SMILES string of the molecule is CC(N)Cc1ccc(-n2cc(-c3ccccc3)cn2)nc1. The van der Waals surface area contributed by atoms with Gasteiger partial charge in [-0.25, -0.2) is 9.67 Å². The highest BCUT2D eigenvalue weighted by molar-refractivity contribution is 5.61. The zero-order valence-electron chi connectivity index (χ0n) is 12.0. The minimum absolute atomic E-state index is 0.145. The fraction of sp³-hybridized carbons (Fsp3) is 0.176. The van der Waals surface area contributed by atoms with E-state index in [1.54, 1.807) is 4.68 Å². The van der Waals surface area contributed by atoms with Crippen molar-refractivity contribution in [3.8, 4) is 16.9 Å². The van der Waals surface area contributed by atoms with Crippen molar-refractivity contribution in [2.45, 2.75) is 19.4 Å². The molecule has 4 heteroatoms. The van der Waals surface area contributed by atoms with Crippen molar-refractivity contribution in [3.63, 3.8) is 0 Å². The lowest BCUT2D eigenvalue weighted by molar-refractivity contribution is 0.733. The van der Waals surface area contributed by atoms with Crippen LogP contribution >= 0.6 is 0 Å². The van der Waals surface area contributed by atoms with Crippen molar-refractivity contribution < 1.29 is 0 Å². The zero-order valence-corrected chi connectivity index (χ0v) is 12.0. The van der Waals surface area contributed by atoms with E-state index < -0.39 is 0 Å². The largest absolute Gasteiger partial charge is 0.328 e. The van der Waals surface area contributed by atoms with Crippen LogP contribution in [0.5, 0.6) is 0 Å². The maximum atomic E-state index is 5.80. The van der Waals surface area contributed by atoms with Crippen LogP contribution in [0.1, 0.15) is 12.5 Å². The summed E-state index contributed by atoms with van der Waals surface area (Å²) >= 11 is 0. The molecule has 2 N–H and O–H groups in total. The Morgan fingerprint density at radius 2 is 1.86 bits per heavy atom. The molecule has 0 aliphatic heterocycles. The number of nitrogens with two attached hydrogens (primary N) is 1. The fourth-order valence-corrected chi connectivity index (χ4v) is 2.27. The summed E-state index contributed by atoms with van der Waals surface area (Å²) in [4.78, 5) is 4.45. The Kier molecular flexibility index (Phi) is 3.79. The first-order valence-corrected chi connectivity index (χ1v) is 7.03. The minimum atomic E-state index is 0.145.